The highest BCUT2D eigenvalue weighted by Gasteiger charge is 2.34. The number of ether oxygens (including phenoxy) is 1. The Labute approximate surface area is 197 Å². The summed E-state index contributed by atoms with van der Waals surface area (Å²) in [5, 5.41) is 12.3. The minimum atomic E-state index is -0.832. The molecule has 0 unspecified atom stereocenters. The zero-order valence-corrected chi connectivity index (χ0v) is 20.3. The number of fused-ring (bicyclic) bond motifs is 1. The minimum absolute atomic E-state index is 0.0956. The van der Waals surface area contributed by atoms with E-state index in [4.69, 9.17) is 9.15 Å². The number of carbonyl (C=O) groups excluding carboxylic acids is 1. The Balaban J connectivity index is 1.37. The van der Waals surface area contributed by atoms with Gasteiger partial charge in [0.25, 0.3) is 5.91 Å². The van der Waals surface area contributed by atoms with E-state index in [1.54, 1.807) is 4.90 Å². The fourth-order valence-corrected chi connectivity index (χ4v) is 4.94. The van der Waals surface area contributed by atoms with Gasteiger partial charge in [-0.15, -0.1) is 0 Å². The number of benzene rings is 1. The van der Waals surface area contributed by atoms with Crippen LogP contribution >= 0.6 is 0 Å². The van der Waals surface area contributed by atoms with Gasteiger partial charge in [-0.05, 0) is 69.2 Å². The highest BCUT2D eigenvalue weighted by atomic mass is 16.5. The van der Waals surface area contributed by atoms with Crippen LogP contribution in [0.15, 0.2) is 40.3 Å². The maximum Gasteiger partial charge on any atom is 0.289 e. The van der Waals surface area contributed by atoms with Crippen LogP contribution in [-0.2, 0) is 10.3 Å². The van der Waals surface area contributed by atoms with Crippen LogP contribution < -0.4 is 0 Å². The Hall–Kier alpha value is -2.15. The monoisotopic (exact) mass is 454 g/mol. The smallest absolute Gasteiger partial charge is 0.289 e. The molecular formula is C27H38N2O4. The lowest BCUT2D eigenvalue weighted by Gasteiger charge is -2.39. The van der Waals surface area contributed by atoms with Crippen molar-refractivity contribution in [3.05, 3.63) is 47.2 Å². The van der Waals surface area contributed by atoms with Crippen LogP contribution in [0.5, 0.6) is 0 Å². The molecule has 33 heavy (non-hydrogen) atoms. The average molecular weight is 455 g/mol. The first-order valence-electron chi connectivity index (χ1n) is 12.3. The molecule has 1 N–H and O–H groups in total. The quantitative estimate of drug-likeness (QED) is 0.621. The van der Waals surface area contributed by atoms with Crippen molar-refractivity contribution in [2.45, 2.75) is 52.1 Å². The van der Waals surface area contributed by atoms with Crippen molar-refractivity contribution < 1.29 is 19.1 Å². The molecule has 0 aliphatic carbocycles. The standard InChI is InChI=1S/C27H38N2O4/c1-20(2)5-4-6-21(3)19-28-11-9-27(31,10-12-28)23-7-8-24-22(17-23)18-25(33-24)26(30)29-13-15-32-16-14-29/h5,7-8,17-18,21,31H,4,6,9-16,19H2,1-3H3/t21-/m0/s1. The van der Waals surface area contributed by atoms with Gasteiger partial charge in [-0.1, -0.05) is 24.6 Å². The molecule has 180 valence electrons. The molecule has 2 fully saturated rings. The minimum Gasteiger partial charge on any atom is -0.451 e. The first kappa shape index (κ1) is 24.0. The van der Waals surface area contributed by atoms with Crippen molar-refractivity contribution >= 4 is 16.9 Å². The number of hydrogen-bond donors (Lipinski definition) is 1. The number of amides is 1. The zero-order valence-electron chi connectivity index (χ0n) is 20.3. The van der Waals surface area contributed by atoms with Crippen LogP contribution in [0, 0.1) is 5.92 Å². The van der Waals surface area contributed by atoms with Gasteiger partial charge in [0.2, 0.25) is 0 Å². The van der Waals surface area contributed by atoms with Crippen molar-refractivity contribution in [1.82, 2.24) is 9.80 Å². The van der Waals surface area contributed by atoms with Gasteiger partial charge in [0.1, 0.15) is 5.58 Å². The summed E-state index contributed by atoms with van der Waals surface area (Å²) in [5.41, 5.74) is 2.15. The number of aliphatic hydroxyl groups is 1. The van der Waals surface area contributed by atoms with E-state index < -0.39 is 5.60 Å². The Bertz CT molecular complexity index is 977. The van der Waals surface area contributed by atoms with Gasteiger partial charge in [-0.25, -0.2) is 0 Å². The van der Waals surface area contributed by atoms with Crippen molar-refractivity contribution in [2.75, 3.05) is 45.9 Å². The maximum absolute atomic E-state index is 12.8. The molecule has 1 aromatic heterocycles. The second kappa shape index (κ2) is 10.4. The predicted octanol–water partition coefficient (Wildman–Crippen LogP) is 4.57. The van der Waals surface area contributed by atoms with Gasteiger partial charge >= 0.3 is 0 Å². The van der Waals surface area contributed by atoms with Crippen LogP contribution in [0.4, 0.5) is 0 Å². The molecule has 0 radical (unpaired) electrons. The first-order chi connectivity index (χ1) is 15.8. The first-order valence-corrected chi connectivity index (χ1v) is 12.3. The van der Waals surface area contributed by atoms with E-state index in [0.29, 0.717) is 43.6 Å². The third-order valence-electron chi connectivity index (χ3n) is 7.03. The predicted molar refractivity (Wildman–Crippen MR) is 130 cm³/mol. The zero-order chi connectivity index (χ0) is 23.4. The summed E-state index contributed by atoms with van der Waals surface area (Å²) < 4.78 is 11.2. The van der Waals surface area contributed by atoms with E-state index in [1.807, 2.05) is 24.3 Å². The molecule has 6 nitrogen and oxygen atoms in total. The lowest BCUT2D eigenvalue weighted by molar-refractivity contribution is -0.0284. The molecule has 4 rings (SSSR count). The molecule has 2 saturated heterocycles. The number of morpholine rings is 1. The molecule has 2 aromatic rings. The van der Waals surface area contributed by atoms with E-state index in [1.165, 1.54) is 12.0 Å². The third-order valence-corrected chi connectivity index (χ3v) is 7.03. The Kier molecular flexibility index (Phi) is 7.57. The Morgan fingerprint density at radius 1 is 1.15 bits per heavy atom. The number of piperidine rings is 1. The summed E-state index contributed by atoms with van der Waals surface area (Å²) in [6.45, 7) is 11.8. The number of carbonyl (C=O) groups is 1. The molecule has 1 atom stereocenters. The van der Waals surface area contributed by atoms with Crippen LogP contribution in [-0.4, -0.2) is 66.8 Å². The summed E-state index contributed by atoms with van der Waals surface area (Å²) in [5.74, 6) is 0.909. The lowest BCUT2D eigenvalue weighted by atomic mass is 9.83. The molecule has 0 saturated carbocycles. The number of rotatable bonds is 7. The summed E-state index contributed by atoms with van der Waals surface area (Å²) in [6.07, 6.45) is 6.10. The average Bonchev–Trinajstić information content (AvgIpc) is 3.24. The molecular weight excluding hydrogens is 416 g/mol. The van der Waals surface area contributed by atoms with Gasteiger partial charge in [0, 0.05) is 38.1 Å². The van der Waals surface area contributed by atoms with Crippen LogP contribution in [0.3, 0.4) is 0 Å². The van der Waals surface area contributed by atoms with Crippen molar-refractivity contribution in [3.8, 4) is 0 Å². The summed E-state index contributed by atoms with van der Waals surface area (Å²) in [4.78, 5) is 17.0. The second-order valence-electron chi connectivity index (χ2n) is 10.1. The lowest BCUT2D eigenvalue weighted by Crippen LogP contribution is -2.44. The van der Waals surface area contributed by atoms with Crippen molar-refractivity contribution in [2.24, 2.45) is 5.92 Å². The molecule has 1 aromatic carbocycles. The van der Waals surface area contributed by atoms with Crippen LogP contribution in [0.25, 0.3) is 11.0 Å². The molecule has 0 bridgehead atoms. The summed E-state index contributed by atoms with van der Waals surface area (Å²) >= 11 is 0. The van der Waals surface area contributed by atoms with E-state index in [-0.39, 0.29) is 5.91 Å². The van der Waals surface area contributed by atoms with Gasteiger partial charge in [0.15, 0.2) is 5.76 Å². The van der Waals surface area contributed by atoms with Crippen molar-refractivity contribution in [1.29, 1.82) is 0 Å². The van der Waals surface area contributed by atoms with Crippen molar-refractivity contribution in [3.63, 3.8) is 0 Å². The SMILES string of the molecule is CC(C)=CCC[C@H](C)CN1CCC(O)(c2ccc3oc(C(=O)N4CCOCC4)cc3c2)CC1. The Morgan fingerprint density at radius 2 is 1.88 bits per heavy atom. The second-order valence-corrected chi connectivity index (χ2v) is 10.1. The summed E-state index contributed by atoms with van der Waals surface area (Å²) in [6, 6.07) is 7.64. The highest BCUT2D eigenvalue weighted by Crippen LogP contribution is 2.35. The number of furan rings is 1. The largest absolute Gasteiger partial charge is 0.451 e. The fraction of sp³-hybridized carbons (Fsp3) is 0.593. The summed E-state index contributed by atoms with van der Waals surface area (Å²) in [7, 11) is 0. The van der Waals surface area contributed by atoms with Gasteiger partial charge in [0.05, 0.1) is 18.8 Å². The number of nitrogens with zero attached hydrogens (tertiary/aromatic N) is 2. The van der Waals surface area contributed by atoms with Gasteiger partial charge < -0.3 is 24.1 Å². The van der Waals surface area contributed by atoms with E-state index in [0.717, 1.165) is 49.8 Å². The normalized spacial score (nSPS) is 20.1. The van der Waals surface area contributed by atoms with Gasteiger partial charge in [-0.2, -0.15) is 0 Å². The molecule has 0 spiro atoms. The topological polar surface area (TPSA) is 66.2 Å². The maximum atomic E-state index is 12.8. The third kappa shape index (κ3) is 5.86. The molecule has 6 heteroatoms. The number of allylic oxidation sites excluding steroid dienone is 2. The number of likely N-dealkylation sites (tertiary alicyclic amines) is 1. The van der Waals surface area contributed by atoms with E-state index >= 15 is 0 Å². The molecule has 1 amide bonds. The van der Waals surface area contributed by atoms with E-state index in [9.17, 15) is 9.90 Å². The highest BCUT2D eigenvalue weighted by molar-refractivity contribution is 5.96. The van der Waals surface area contributed by atoms with Crippen LogP contribution in [0.2, 0.25) is 0 Å². The van der Waals surface area contributed by atoms with E-state index in [2.05, 4.69) is 31.7 Å². The number of hydrogen-bond acceptors (Lipinski definition) is 5. The molecule has 2 aliphatic heterocycles. The van der Waals surface area contributed by atoms with Gasteiger partial charge in [-0.3, -0.25) is 4.79 Å². The van der Waals surface area contributed by atoms with Crippen LogP contribution in [0.1, 0.15) is 62.6 Å². The molecule has 2 aliphatic rings. The fourth-order valence-electron chi connectivity index (χ4n) is 4.94. The Morgan fingerprint density at radius 3 is 2.58 bits per heavy atom. The molecule has 3 heterocycles.